The van der Waals surface area contributed by atoms with Crippen LogP contribution in [0.3, 0.4) is 0 Å². The summed E-state index contributed by atoms with van der Waals surface area (Å²) in [6, 6.07) is 7.19. The van der Waals surface area contributed by atoms with E-state index < -0.39 is 12.1 Å². The summed E-state index contributed by atoms with van der Waals surface area (Å²) in [6.07, 6.45) is 2.62. The van der Waals surface area contributed by atoms with Crippen molar-refractivity contribution in [1.82, 2.24) is 5.32 Å². The number of carboxylic acid groups (broad SMARTS) is 1. The molecule has 0 bridgehead atoms. The van der Waals surface area contributed by atoms with Gasteiger partial charge in [0.2, 0.25) is 0 Å². The fourth-order valence-electron chi connectivity index (χ4n) is 1.57. The smallest absolute Gasteiger partial charge is 0.407 e. The molecular weight excluding hydrogens is 274 g/mol. The van der Waals surface area contributed by atoms with Crippen LogP contribution >= 0.6 is 0 Å². The third-order valence-corrected chi connectivity index (χ3v) is 2.53. The Morgan fingerprint density at radius 1 is 1.29 bits per heavy atom. The number of carbonyl (C=O) groups is 2. The number of hydrogen-bond acceptors (Lipinski definition) is 4. The van der Waals surface area contributed by atoms with E-state index in [0.717, 1.165) is 18.4 Å². The van der Waals surface area contributed by atoms with Gasteiger partial charge in [-0.05, 0) is 30.5 Å². The summed E-state index contributed by atoms with van der Waals surface area (Å²) >= 11 is 0. The number of ether oxygens (including phenoxy) is 2. The van der Waals surface area contributed by atoms with Crippen molar-refractivity contribution in [3.63, 3.8) is 0 Å². The quantitative estimate of drug-likeness (QED) is 0.537. The van der Waals surface area contributed by atoms with Crippen LogP contribution in [0, 0.1) is 0 Å². The second-order valence-electron chi connectivity index (χ2n) is 4.24. The van der Waals surface area contributed by atoms with Gasteiger partial charge in [0.1, 0.15) is 12.4 Å². The summed E-state index contributed by atoms with van der Waals surface area (Å²) in [5.41, 5.74) is 1.08. The van der Waals surface area contributed by atoms with Crippen LogP contribution < -0.4 is 10.1 Å². The molecule has 0 aliphatic rings. The molecule has 1 amide bonds. The molecule has 0 heterocycles. The third-order valence-electron chi connectivity index (χ3n) is 2.53. The lowest BCUT2D eigenvalue weighted by Gasteiger charge is -2.06. The number of aryl methyl sites for hydroxylation is 1. The normalized spacial score (nSPS) is 9.71. The van der Waals surface area contributed by atoms with Gasteiger partial charge in [0.05, 0.1) is 0 Å². The predicted octanol–water partition coefficient (Wildman–Crippen LogP) is 1.99. The molecule has 0 spiro atoms. The molecule has 0 saturated carbocycles. The van der Waals surface area contributed by atoms with Gasteiger partial charge in [-0.3, -0.25) is 0 Å². The van der Waals surface area contributed by atoms with Gasteiger partial charge in [0.25, 0.3) is 0 Å². The van der Waals surface area contributed by atoms with Gasteiger partial charge in [-0.2, -0.15) is 0 Å². The number of amides is 1. The Bertz CT molecular complexity index is 469. The lowest BCUT2D eigenvalue weighted by atomic mass is 10.1. The first-order valence-corrected chi connectivity index (χ1v) is 6.57. The monoisotopic (exact) mass is 293 g/mol. The molecule has 0 aliphatic carbocycles. The average Bonchev–Trinajstić information content (AvgIpc) is 2.48. The lowest BCUT2D eigenvalue weighted by Crippen LogP contribution is -2.25. The molecule has 0 aromatic heterocycles. The van der Waals surface area contributed by atoms with Gasteiger partial charge < -0.3 is 19.9 Å². The number of carboxylic acids is 1. The molecular formula is C15H19NO5. The average molecular weight is 293 g/mol. The van der Waals surface area contributed by atoms with Gasteiger partial charge >= 0.3 is 12.1 Å². The molecule has 21 heavy (non-hydrogen) atoms. The van der Waals surface area contributed by atoms with E-state index in [1.54, 1.807) is 12.1 Å². The molecule has 1 aromatic rings. The maximum atomic E-state index is 11.1. The van der Waals surface area contributed by atoms with Crippen molar-refractivity contribution >= 4 is 12.1 Å². The van der Waals surface area contributed by atoms with Crippen LogP contribution in [0.15, 0.2) is 36.9 Å². The molecule has 0 radical (unpaired) electrons. The summed E-state index contributed by atoms with van der Waals surface area (Å²) in [7, 11) is 0. The second-order valence-corrected chi connectivity index (χ2v) is 4.24. The number of rotatable bonds is 9. The number of alkyl carbamates (subject to hydrolysis) is 1. The molecule has 0 aliphatic heterocycles. The SMILES string of the molecule is C=CCOC(=O)NCCCc1ccc(OCC(=O)O)cc1. The van der Waals surface area contributed by atoms with Gasteiger partial charge in [0, 0.05) is 6.54 Å². The largest absolute Gasteiger partial charge is 0.482 e. The molecule has 1 rings (SSSR count). The Labute approximate surface area is 123 Å². The topological polar surface area (TPSA) is 84.9 Å². The van der Waals surface area contributed by atoms with Crippen LogP contribution in [-0.2, 0) is 16.0 Å². The Morgan fingerprint density at radius 2 is 2.00 bits per heavy atom. The molecule has 6 heteroatoms. The van der Waals surface area contributed by atoms with E-state index in [1.807, 2.05) is 12.1 Å². The van der Waals surface area contributed by atoms with E-state index in [9.17, 15) is 9.59 Å². The van der Waals surface area contributed by atoms with Gasteiger partial charge in [-0.15, -0.1) is 0 Å². The van der Waals surface area contributed by atoms with Crippen molar-refractivity contribution in [2.45, 2.75) is 12.8 Å². The first kappa shape index (κ1) is 16.6. The highest BCUT2D eigenvalue weighted by atomic mass is 16.5. The molecule has 0 atom stereocenters. The molecule has 0 unspecified atom stereocenters. The van der Waals surface area contributed by atoms with Crippen molar-refractivity contribution in [2.75, 3.05) is 19.8 Å². The zero-order chi connectivity index (χ0) is 15.5. The highest BCUT2D eigenvalue weighted by molar-refractivity contribution is 5.68. The second kappa shape index (κ2) is 9.41. The van der Waals surface area contributed by atoms with Gasteiger partial charge in [-0.1, -0.05) is 24.8 Å². The first-order valence-electron chi connectivity index (χ1n) is 6.57. The minimum atomic E-state index is -1.01. The van der Waals surface area contributed by atoms with E-state index in [2.05, 4.69) is 11.9 Å². The van der Waals surface area contributed by atoms with Gasteiger partial charge in [0.15, 0.2) is 6.61 Å². The van der Waals surface area contributed by atoms with Crippen molar-refractivity contribution < 1.29 is 24.2 Å². The van der Waals surface area contributed by atoms with Gasteiger partial charge in [-0.25, -0.2) is 9.59 Å². The third kappa shape index (κ3) is 7.61. The highest BCUT2D eigenvalue weighted by Crippen LogP contribution is 2.13. The fourth-order valence-corrected chi connectivity index (χ4v) is 1.57. The summed E-state index contributed by atoms with van der Waals surface area (Å²) in [5.74, 6) is -0.485. The van der Waals surface area contributed by atoms with E-state index in [4.69, 9.17) is 14.6 Å². The number of carbonyl (C=O) groups excluding carboxylic acids is 1. The molecule has 1 aromatic carbocycles. The Kier molecular flexibility index (Phi) is 7.42. The molecule has 114 valence electrons. The highest BCUT2D eigenvalue weighted by Gasteiger charge is 2.01. The number of hydrogen-bond donors (Lipinski definition) is 2. The van der Waals surface area contributed by atoms with Crippen LogP contribution in [0.4, 0.5) is 4.79 Å². The maximum absolute atomic E-state index is 11.1. The summed E-state index contributed by atoms with van der Waals surface area (Å²) in [6.45, 7) is 3.82. The molecule has 0 saturated heterocycles. The number of aliphatic carboxylic acids is 1. The standard InChI is InChI=1S/C15H19NO5/c1-2-10-20-15(19)16-9-3-4-12-5-7-13(8-6-12)21-11-14(17)18/h2,5-8H,1,3-4,9-11H2,(H,16,19)(H,17,18). The summed E-state index contributed by atoms with van der Waals surface area (Å²) in [5, 5.41) is 11.1. The van der Waals surface area contributed by atoms with Crippen molar-refractivity contribution in [3.8, 4) is 5.75 Å². The zero-order valence-corrected chi connectivity index (χ0v) is 11.7. The minimum Gasteiger partial charge on any atom is -0.482 e. The minimum absolute atomic E-state index is 0.198. The Balaban J connectivity index is 2.22. The molecule has 0 fully saturated rings. The molecule has 6 nitrogen and oxygen atoms in total. The van der Waals surface area contributed by atoms with Crippen LogP contribution in [-0.4, -0.2) is 36.9 Å². The lowest BCUT2D eigenvalue weighted by molar-refractivity contribution is -0.139. The molecule has 2 N–H and O–H groups in total. The van der Waals surface area contributed by atoms with Crippen LogP contribution in [0.25, 0.3) is 0 Å². The Morgan fingerprint density at radius 3 is 2.62 bits per heavy atom. The van der Waals surface area contributed by atoms with Crippen LogP contribution in [0.5, 0.6) is 5.75 Å². The fraction of sp³-hybridized carbons (Fsp3) is 0.333. The number of nitrogens with one attached hydrogen (secondary N) is 1. The van der Waals surface area contributed by atoms with E-state index in [0.29, 0.717) is 12.3 Å². The van der Waals surface area contributed by atoms with E-state index >= 15 is 0 Å². The summed E-state index contributed by atoms with van der Waals surface area (Å²) < 4.78 is 9.81. The first-order chi connectivity index (χ1) is 10.1. The maximum Gasteiger partial charge on any atom is 0.407 e. The van der Waals surface area contributed by atoms with E-state index in [1.165, 1.54) is 6.08 Å². The van der Waals surface area contributed by atoms with Crippen molar-refractivity contribution in [3.05, 3.63) is 42.5 Å². The predicted molar refractivity (Wildman–Crippen MR) is 77.4 cm³/mol. The summed E-state index contributed by atoms with van der Waals surface area (Å²) in [4.78, 5) is 21.5. The van der Waals surface area contributed by atoms with Crippen molar-refractivity contribution in [1.29, 1.82) is 0 Å². The van der Waals surface area contributed by atoms with E-state index in [-0.39, 0.29) is 13.2 Å². The Hall–Kier alpha value is -2.50. The number of benzene rings is 1. The van der Waals surface area contributed by atoms with Crippen molar-refractivity contribution in [2.24, 2.45) is 0 Å². The van der Waals surface area contributed by atoms with Crippen LogP contribution in [0.1, 0.15) is 12.0 Å². The zero-order valence-electron chi connectivity index (χ0n) is 11.7. The van der Waals surface area contributed by atoms with Crippen LogP contribution in [0.2, 0.25) is 0 Å².